The standard InChI is InChI=1S/C25H30F3N5O3S/c1-17(2)19-5-9-21(10-6-19)37(35,36)33-14-13-32(24-29-11-12-30-24)16-22(33)23(34)31-15-18-3-7-20(8-4-18)25(26,27)28/h3-10,17,22H,11-16H2,1-2H3,(H,29,30)(H,31,34). The predicted octanol–water partition coefficient (Wildman–Crippen LogP) is 2.78. The summed E-state index contributed by atoms with van der Waals surface area (Å²) in [5.74, 6) is 0.327. The summed E-state index contributed by atoms with van der Waals surface area (Å²) >= 11 is 0. The minimum absolute atomic E-state index is 0.0381. The van der Waals surface area contributed by atoms with Crippen LogP contribution in [-0.2, 0) is 27.5 Å². The molecule has 1 fully saturated rings. The molecule has 2 aromatic carbocycles. The number of carbonyl (C=O) groups is 1. The Morgan fingerprint density at radius 1 is 1.11 bits per heavy atom. The fraction of sp³-hybridized carbons (Fsp3) is 0.440. The lowest BCUT2D eigenvalue weighted by Gasteiger charge is -2.40. The first-order valence-corrected chi connectivity index (χ1v) is 13.5. The third kappa shape index (κ3) is 6.07. The van der Waals surface area contributed by atoms with E-state index in [-0.39, 0.29) is 30.4 Å². The predicted molar refractivity (Wildman–Crippen MR) is 133 cm³/mol. The molecule has 4 rings (SSSR count). The zero-order chi connectivity index (χ0) is 26.8. The Balaban J connectivity index is 1.54. The van der Waals surface area contributed by atoms with Gasteiger partial charge in [0.05, 0.1) is 17.0 Å². The van der Waals surface area contributed by atoms with E-state index in [0.717, 1.165) is 17.7 Å². The average molecular weight is 538 g/mol. The van der Waals surface area contributed by atoms with Gasteiger partial charge in [-0.2, -0.15) is 17.5 Å². The first-order valence-electron chi connectivity index (χ1n) is 12.1. The number of benzene rings is 2. The SMILES string of the molecule is CC(C)c1ccc(S(=O)(=O)N2CCN(C3=NCCN3)CC2C(=O)NCc2ccc(C(F)(F)F)cc2)cc1. The Bertz CT molecular complexity index is 1250. The highest BCUT2D eigenvalue weighted by Crippen LogP contribution is 2.29. The number of halogens is 3. The van der Waals surface area contributed by atoms with Crippen LogP contribution in [0, 0.1) is 0 Å². The van der Waals surface area contributed by atoms with Gasteiger partial charge in [0.1, 0.15) is 6.04 Å². The highest BCUT2D eigenvalue weighted by atomic mass is 32.2. The van der Waals surface area contributed by atoms with Crippen LogP contribution in [0.1, 0.15) is 36.5 Å². The van der Waals surface area contributed by atoms with Crippen LogP contribution >= 0.6 is 0 Å². The summed E-state index contributed by atoms with van der Waals surface area (Å²) in [5.41, 5.74) is 0.686. The highest BCUT2D eigenvalue weighted by molar-refractivity contribution is 7.89. The van der Waals surface area contributed by atoms with E-state index in [0.29, 0.717) is 31.2 Å². The Hall–Kier alpha value is -3.12. The van der Waals surface area contributed by atoms with Gasteiger partial charge in [-0.1, -0.05) is 38.1 Å². The number of sulfonamides is 1. The minimum Gasteiger partial charge on any atom is -0.354 e. The third-order valence-corrected chi connectivity index (χ3v) is 8.41. The molecular weight excluding hydrogens is 507 g/mol. The summed E-state index contributed by atoms with van der Waals surface area (Å²) in [6.45, 7) is 5.78. The number of amides is 1. The van der Waals surface area contributed by atoms with Crippen LogP contribution in [0.2, 0.25) is 0 Å². The second kappa shape index (κ2) is 10.7. The van der Waals surface area contributed by atoms with Gasteiger partial charge in [-0.15, -0.1) is 0 Å². The molecule has 2 heterocycles. The van der Waals surface area contributed by atoms with Gasteiger partial charge in [-0.3, -0.25) is 9.79 Å². The molecule has 37 heavy (non-hydrogen) atoms. The number of hydrogen-bond donors (Lipinski definition) is 2. The van der Waals surface area contributed by atoms with Crippen LogP contribution in [0.5, 0.6) is 0 Å². The zero-order valence-electron chi connectivity index (χ0n) is 20.6. The molecule has 0 aromatic heterocycles. The molecule has 200 valence electrons. The molecule has 12 heteroatoms. The first kappa shape index (κ1) is 26.9. The van der Waals surface area contributed by atoms with Crippen LogP contribution in [0.15, 0.2) is 58.4 Å². The number of rotatable bonds is 6. The van der Waals surface area contributed by atoms with Crippen LogP contribution in [0.25, 0.3) is 0 Å². The Morgan fingerprint density at radius 2 is 1.78 bits per heavy atom. The van der Waals surface area contributed by atoms with E-state index in [2.05, 4.69) is 15.6 Å². The van der Waals surface area contributed by atoms with Crippen molar-refractivity contribution in [2.75, 3.05) is 32.7 Å². The molecule has 0 bridgehead atoms. The maximum atomic E-state index is 13.6. The van der Waals surface area contributed by atoms with Crippen molar-refractivity contribution >= 4 is 21.9 Å². The molecule has 2 N–H and O–H groups in total. The van der Waals surface area contributed by atoms with Gasteiger partial charge in [-0.05, 0) is 41.3 Å². The molecule has 2 aliphatic rings. The maximum absolute atomic E-state index is 13.6. The van der Waals surface area contributed by atoms with Crippen molar-refractivity contribution in [1.82, 2.24) is 19.8 Å². The third-order valence-electron chi connectivity index (χ3n) is 6.49. The molecule has 1 unspecified atom stereocenters. The van der Waals surface area contributed by atoms with Gasteiger partial charge in [0, 0.05) is 32.7 Å². The number of aliphatic imine (C=N–C) groups is 1. The number of guanidine groups is 1. The number of nitrogens with one attached hydrogen (secondary N) is 2. The van der Waals surface area contributed by atoms with Gasteiger partial charge >= 0.3 is 6.18 Å². The van der Waals surface area contributed by atoms with Crippen molar-refractivity contribution in [2.45, 2.75) is 43.4 Å². The highest BCUT2D eigenvalue weighted by Gasteiger charge is 2.41. The zero-order valence-corrected chi connectivity index (χ0v) is 21.4. The molecule has 0 aliphatic carbocycles. The van der Waals surface area contributed by atoms with Crippen molar-refractivity contribution in [1.29, 1.82) is 0 Å². The van der Waals surface area contributed by atoms with E-state index >= 15 is 0 Å². The van der Waals surface area contributed by atoms with Crippen molar-refractivity contribution in [3.63, 3.8) is 0 Å². The average Bonchev–Trinajstić information content (AvgIpc) is 3.42. The van der Waals surface area contributed by atoms with Gasteiger partial charge in [0.15, 0.2) is 5.96 Å². The minimum atomic E-state index is -4.45. The first-order chi connectivity index (χ1) is 17.5. The monoisotopic (exact) mass is 537 g/mol. The second-order valence-electron chi connectivity index (χ2n) is 9.35. The topological polar surface area (TPSA) is 94.1 Å². The summed E-state index contributed by atoms with van der Waals surface area (Å²) in [4.78, 5) is 19.6. The molecule has 1 amide bonds. The van der Waals surface area contributed by atoms with Crippen LogP contribution in [0.3, 0.4) is 0 Å². The summed E-state index contributed by atoms with van der Waals surface area (Å²) < 4.78 is 66.9. The van der Waals surface area contributed by atoms with Gasteiger partial charge in [0.25, 0.3) is 0 Å². The Kier molecular flexibility index (Phi) is 7.79. The molecule has 1 atom stereocenters. The molecule has 0 spiro atoms. The molecular formula is C25H30F3N5O3S. The second-order valence-corrected chi connectivity index (χ2v) is 11.2. The largest absolute Gasteiger partial charge is 0.416 e. The fourth-order valence-corrected chi connectivity index (χ4v) is 5.91. The lowest BCUT2D eigenvalue weighted by atomic mass is 10.0. The lowest BCUT2D eigenvalue weighted by Crippen LogP contribution is -2.62. The number of piperazine rings is 1. The van der Waals surface area contributed by atoms with Gasteiger partial charge in [0.2, 0.25) is 15.9 Å². The Labute approximate surface area is 214 Å². The molecule has 2 aromatic rings. The van der Waals surface area contributed by atoms with Crippen molar-refractivity contribution in [2.24, 2.45) is 4.99 Å². The summed E-state index contributed by atoms with van der Waals surface area (Å²) in [6, 6.07) is 10.1. The van der Waals surface area contributed by atoms with E-state index in [4.69, 9.17) is 0 Å². The van der Waals surface area contributed by atoms with E-state index in [1.807, 2.05) is 18.7 Å². The van der Waals surface area contributed by atoms with Gasteiger partial charge < -0.3 is 15.5 Å². The summed E-state index contributed by atoms with van der Waals surface area (Å²) in [5, 5.41) is 5.85. The molecule has 1 saturated heterocycles. The van der Waals surface area contributed by atoms with Crippen LogP contribution in [0.4, 0.5) is 13.2 Å². The Morgan fingerprint density at radius 3 is 2.35 bits per heavy atom. The van der Waals surface area contributed by atoms with E-state index in [9.17, 15) is 26.4 Å². The lowest BCUT2D eigenvalue weighted by molar-refractivity contribution is -0.137. The van der Waals surface area contributed by atoms with E-state index in [1.54, 1.807) is 24.3 Å². The van der Waals surface area contributed by atoms with Gasteiger partial charge in [-0.25, -0.2) is 8.42 Å². The van der Waals surface area contributed by atoms with Crippen molar-refractivity contribution in [3.8, 4) is 0 Å². The maximum Gasteiger partial charge on any atom is 0.416 e. The molecule has 0 radical (unpaired) electrons. The molecule has 8 nitrogen and oxygen atoms in total. The van der Waals surface area contributed by atoms with E-state index < -0.39 is 33.7 Å². The number of nitrogens with zero attached hydrogens (tertiary/aromatic N) is 3. The molecule has 0 saturated carbocycles. The fourth-order valence-electron chi connectivity index (χ4n) is 4.34. The quantitative estimate of drug-likeness (QED) is 0.591. The molecule has 2 aliphatic heterocycles. The van der Waals surface area contributed by atoms with Crippen LogP contribution in [-0.4, -0.2) is 68.3 Å². The summed E-state index contributed by atoms with van der Waals surface area (Å²) in [7, 11) is -3.99. The van der Waals surface area contributed by atoms with E-state index in [1.165, 1.54) is 16.4 Å². The number of alkyl halides is 3. The van der Waals surface area contributed by atoms with Crippen LogP contribution < -0.4 is 10.6 Å². The van der Waals surface area contributed by atoms with Crippen molar-refractivity contribution in [3.05, 3.63) is 65.2 Å². The smallest absolute Gasteiger partial charge is 0.354 e. The number of hydrogen-bond acceptors (Lipinski definition) is 6. The summed E-state index contributed by atoms with van der Waals surface area (Å²) in [6.07, 6.45) is -4.45. The number of carbonyl (C=O) groups excluding carboxylic acids is 1. The van der Waals surface area contributed by atoms with Crippen molar-refractivity contribution < 1.29 is 26.4 Å². The normalized spacial score (nSPS) is 19.0.